The van der Waals surface area contributed by atoms with E-state index >= 15 is 0 Å². The number of carbonyl (C=O) groups excluding carboxylic acids is 1. The Morgan fingerprint density at radius 3 is 2.80 bits per heavy atom. The average molecular weight is 531 g/mol. The van der Waals surface area contributed by atoms with Crippen LogP contribution in [0.1, 0.15) is 45.7 Å². The molecule has 0 bridgehead atoms. The van der Waals surface area contributed by atoms with Crippen molar-refractivity contribution in [2.24, 2.45) is 0 Å². The average Bonchev–Trinajstić information content (AvgIpc) is 3.73. The van der Waals surface area contributed by atoms with Crippen LogP contribution < -0.4 is 5.32 Å². The highest BCUT2D eigenvalue weighted by Crippen LogP contribution is 2.24. The zero-order chi connectivity index (χ0) is 27.5. The summed E-state index contributed by atoms with van der Waals surface area (Å²) >= 11 is 0. The van der Waals surface area contributed by atoms with Gasteiger partial charge in [0.1, 0.15) is 17.1 Å². The third-order valence-electron chi connectivity index (χ3n) is 7.22. The molecule has 4 heterocycles. The summed E-state index contributed by atoms with van der Waals surface area (Å²) in [7, 11) is 0. The molecule has 200 valence electrons. The lowest BCUT2D eigenvalue weighted by Gasteiger charge is -2.12. The molecule has 2 N–H and O–H groups in total. The van der Waals surface area contributed by atoms with Gasteiger partial charge in [-0.1, -0.05) is 18.1 Å². The maximum absolute atomic E-state index is 13.2. The van der Waals surface area contributed by atoms with E-state index in [2.05, 4.69) is 32.0 Å². The normalized spacial score (nSPS) is 13.3. The van der Waals surface area contributed by atoms with E-state index in [4.69, 9.17) is 0 Å². The fourth-order valence-electron chi connectivity index (χ4n) is 4.99. The van der Waals surface area contributed by atoms with Crippen LogP contribution in [-0.4, -0.2) is 54.5 Å². The van der Waals surface area contributed by atoms with Crippen molar-refractivity contribution >= 4 is 17.2 Å². The number of likely N-dealkylation sites (tertiary alicyclic amines) is 1. The Bertz CT molecular complexity index is 1750. The topological polar surface area (TPSA) is 87.7 Å². The minimum absolute atomic E-state index is 0.0589. The van der Waals surface area contributed by atoms with E-state index in [1.165, 1.54) is 18.9 Å². The predicted octanol–water partition coefficient (Wildman–Crippen LogP) is 4.82. The Morgan fingerprint density at radius 2 is 1.93 bits per heavy atom. The van der Waals surface area contributed by atoms with Gasteiger partial charge in [-0.15, -0.1) is 0 Å². The highest BCUT2D eigenvalue weighted by Gasteiger charge is 2.13. The van der Waals surface area contributed by atoms with E-state index in [9.17, 15) is 9.90 Å². The third-order valence-corrected chi connectivity index (χ3v) is 7.22. The molecule has 0 unspecified atom stereocenters. The summed E-state index contributed by atoms with van der Waals surface area (Å²) in [5, 5.41) is 13.3. The van der Waals surface area contributed by atoms with Crippen molar-refractivity contribution < 1.29 is 9.90 Å². The molecule has 0 radical (unpaired) electrons. The Morgan fingerprint density at radius 1 is 1.05 bits per heavy atom. The number of fused-ring (bicyclic) bond motifs is 1. The smallest absolute Gasteiger partial charge is 0.255 e. The number of anilines is 1. The molecule has 1 amide bonds. The van der Waals surface area contributed by atoms with Gasteiger partial charge in [-0.05, 0) is 74.7 Å². The summed E-state index contributed by atoms with van der Waals surface area (Å²) in [6.45, 7) is 5.28. The number of rotatable bonds is 6. The van der Waals surface area contributed by atoms with Crippen LogP contribution in [0.4, 0.5) is 5.69 Å². The highest BCUT2D eigenvalue weighted by molar-refractivity contribution is 6.04. The lowest BCUT2D eigenvalue weighted by molar-refractivity contribution is 0.102. The second kappa shape index (κ2) is 11.1. The quantitative estimate of drug-likeness (QED) is 0.307. The largest absolute Gasteiger partial charge is 0.508 e. The summed E-state index contributed by atoms with van der Waals surface area (Å²) in [5.74, 6) is 6.14. The van der Waals surface area contributed by atoms with Gasteiger partial charge in [0.2, 0.25) is 0 Å². The number of phenolic OH excluding ortho intramolecular Hbond substituents is 1. The second-order valence-electron chi connectivity index (χ2n) is 10.1. The van der Waals surface area contributed by atoms with Crippen molar-refractivity contribution in [3.05, 3.63) is 108 Å². The Labute approximate surface area is 232 Å². The SMILES string of the molecule is Cc1ccc(C(=O)Nc2cc(O)cc(-n3cnc(CCN4CCCC4)c3)c2)cc1C#Cc1cnc2ccccn12. The first-order valence-corrected chi connectivity index (χ1v) is 13.5. The summed E-state index contributed by atoms with van der Waals surface area (Å²) < 4.78 is 3.80. The van der Waals surface area contributed by atoms with Crippen molar-refractivity contribution in [3.63, 3.8) is 0 Å². The number of hydrogen-bond acceptors (Lipinski definition) is 5. The lowest BCUT2D eigenvalue weighted by atomic mass is 10.0. The molecule has 40 heavy (non-hydrogen) atoms. The van der Waals surface area contributed by atoms with Crippen LogP contribution in [0.3, 0.4) is 0 Å². The van der Waals surface area contributed by atoms with Gasteiger partial charge in [-0.25, -0.2) is 9.97 Å². The van der Waals surface area contributed by atoms with Gasteiger partial charge < -0.3 is 19.9 Å². The molecule has 3 aromatic heterocycles. The monoisotopic (exact) mass is 530 g/mol. The van der Waals surface area contributed by atoms with Crippen LogP contribution in [0.5, 0.6) is 5.75 Å². The number of aryl methyl sites for hydroxylation is 1. The number of nitrogens with zero attached hydrogens (tertiary/aromatic N) is 5. The number of benzene rings is 2. The van der Waals surface area contributed by atoms with E-state index < -0.39 is 0 Å². The van der Waals surface area contributed by atoms with Gasteiger partial charge in [0.15, 0.2) is 0 Å². The van der Waals surface area contributed by atoms with Crippen molar-refractivity contribution in [1.29, 1.82) is 0 Å². The van der Waals surface area contributed by atoms with Gasteiger partial charge in [0, 0.05) is 54.3 Å². The summed E-state index contributed by atoms with van der Waals surface area (Å²) in [6, 6.07) is 16.3. The Kier molecular flexibility index (Phi) is 7.04. The molecule has 8 nitrogen and oxygen atoms in total. The lowest BCUT2D eigenvalue weighted by Crippen LogP contribution is -2.21. The van der Waals surface area contributed by atoms with Crippen molar-refractivity contribution in [3.8, 4) is 23.3 Å². The van der Waals surface area contributed by atoms with Crippen molar-refractivity contribution in [2.75, 3.05) is 25.0 Å². The summed E-state index contributed by atoms with van der Waals surface area (Å²) in [4.78, 5) is 24.6. The Balaban J connectivity index is 1.18. The molecular weight excluding hydrogens is 500 g/mol. The van der Waals surface area contributed by atoms with Gasteiger partial charge in [-0.3, -0.25) is 9.20 Å². The molecule has 2 aromatic carbocycles. The van der Waals surface area contributed by atoms with E-state index in [0.29, 0.717) is 11.3 Å². The van der Waals surface area contributed by atoms with E-state index in [0.717, 1.165) is 59.9 Å². The van der Waals surface area contributed by atoms with E-state index in [1.54, 1.807) is 30.7 Å². The first-order chi connectivity index (χ1) is 19.5. The van der Waals surface area contributed by atoms with E-state index in [-0.39, 0.29) is 11.7 Å². The first-order valence-electron chi connectivity index (χ1n) is 13.5. The molecular formula is C32H30N6O2. The maximum atomic E-state index is 13.2. The number of pyridine rings is 1. The number of nitrogens with one attached hydrogen (secondary N) is 1. The molecule has 6 rings (SSSR count). The number of carbonyl (C=O) groups is 1. The third kappa shape index (κ3) is 5.60. The van der Waals surface area contributed by atoms with Crippen LogP contribution in [0.2, 0.25) is 0 Å². The second-order valence-corrected chi connectivity index (χ2v) is 10.1. The van der Waals surface area contributed by atoms with Crippen LogP contribution in [0.15, 0.2) is 79.5 Å². The summed E-state index contributed by atoms with van der Waals surface area (Å²) in [5.41, 5.74) is 6.02. The van der Waals surface area contributed by atoms with E-state index in [1.807, 2.05) is 58.6 Å². The van der Waals surface area contributed by atoms with Gasteiger partial charge in [-0.2, -0.15) is 0 Å². The van der Waals surface area contributed by atoms with Crippen LogP contribution in [0, 0.1) is 18.8 Å². The van der Waals surface area contributed by atoms with Crippen molar-refractivity contribution in [1.82, 2.24) is 23.8 Å². The fraction of sp³-hybridized carbons (Fsp3) is 0.219. The number of aromatic hydroxyl groups is 1. The molecule has 1 aliphatic rings. The number of phenols is 1. The van der Waals surface area contributed by atoms with Crippen LogP contribution in [-0.2, 0) is 6.42 Å². The number of imidazole rings is 2. The van der Waals surface area contributed by atoms with Gasteiger partial charge >= 0.3 is 0 Å². The fourth-order valence-corrected chi connectivity index (χ4v) is 4.99. The van der Waals surface area contributed by atoms with Gasteiger partial charge in [0.05, 0.1) is 23.9 Å². The van der Waals surface area contributed by atoms with Crippen LogP contribution in [0.25, 0.3) is 11.3 Å². The molecule has 1 fully saturated rings. The zero-order valence-electron chi connectivity index (χ0n) is 22.3. The standard InChI is InChI=1S/C32H30N6O2/c1-23-7-8-25(16-24(23)9-10-28-20-33-31-6-2-3-14-38(28)31)32(40)35-27-17-29(19-30(39)18-27)37-21-26(34-22-37)11-15-36-12-4-5-13-36/h2-3,6-8,14,16-22,39H,4-5,11-13,15H2,1H3,(H,35,40). The van der Waals surface area contributed by atoms with Gasteiger partial charge in [0.25, 0.3) is 5.91 Å². The molecule has 5 aromatic rings. The first kappa shape index (κ1) is 25.4. The minimum atomic E-state index is -0.286. The number of hydrogen-bond donors (Lipinski definition) is 2. The summed E-state index contributed by atoms with van der Waals surface area (Å²) in [6.07, 6.45) is 10.8. The van der Waals surface area contributed by atoms with Crippen molar-refractivity contribution in [2.45, 2.75) is 26.2 Å². The molecule has 0 atom stereocenters. The molecule has 0 aliphatic carbocycles. The van der Waals surface area contributed by atoms with Crippen LogP contribution >= 0.6 is 0 Å². The maximum Gasteiger partial charge on any atom is 0.255 e. The Hall–Kier alpha value is -4.87. The minimum Gasteiger partial charge on any atom is -0.508 e. The zero-order valence-corrected chi connectivity index (χ0v) is 22.3. The molecule has 0 saturated carbocycles. The predicted molar refractivity (Wildman–Crippen MR) is 155 cm³/mol. The highest BCUT2D eigenvalue weighted by atomic mass is 16.3. The molecule has 1 aliphatic heterocycles. The number of amides is 1. The molecule has 0 spiro atoms. The molecule has 8 heteroatoms. The number of aromatic nitrogens is 4. The molecule has 1 saturated heterocycles.